The van der Waals surface area contributed by atoms with Gasteiger partial charge in [0.1, 0.15) is 17.7 Å². The third-order valence-electron chi connectivity index (χ3n) is 5.28. The number of aryl methyl sites for hydroxylation is 1. The minimum Gasteiger partial charge on any atom is -0.342 e. The van der Waals surface area contributed by atoms with E-state index in [0.29, 0.717) is 31.8 Å². The van der Waals surface area contributed by atoms with E-state index in [2.05, 4.69) is 10.3 Å². The lowest BCUT2D eigenvalue weighted by Gasteiger charge is -2.33. The Kier molecular flexibility index (Phi) is 6.11. The second-order valence-corrected chi connectivity index (χ2v) is 7.64. The lowest BCUT2D eigenvalue weighted by molar-refractivity contribution is -0.138. The minimum atomic E-state index is -0.455. The molecule has 1 aromatic heterocycles. The van der Waals surface area contributed by atoms with Crippen LogP contribution < -0.4 is 5.32 Å². The van der Waals surface area contributed by atoms with Gasteiger partial charge >= 0.3 is 0 Å². The van der Waals surface area contributed by atoms with E-state index >= 15 is 0 Å². The van der Waals surface area contributed by atoms with Gasteiger partial charge in [-0.25, -0.2) is 9.37 Å². The van der Waals surface area contributed by atoms with Crippen LogP contribution in [0.3, 0.4) is 0 Å². The monoisotopic (exact) mass is 386 g/mol. The van der Waals surface area contributed by atoms with Crippen LogP contribution >= 0.6 is 0 Å². The van der Waals surface area contributed by atoms with E-state index in [-0.39, 0.29) is 29.5 Å². The van der Waals surface area contributed by atoms with Gasteiger partial charge in [0.05, 0.1) is 0 Å². The number of carbonyl (C=O) groups is 2. The van der Waals surface area contributed by atoms with E-state index in [1.54, 1.807) is 18.3 Å². The van der Waals surface area contributed by atoms with Gasteiger partial charge in [0.2, 0.25) is 11.8 Å². The van der Waals surface area contributed by atoms with E-state index in [4.69, 9.17) is 0 Å². The van der Waals surface area contributed by atoms with Crippen LogP contribution in [0.1, 0.15) is 44.1 Å². The maximum atomic E-state index is 13.3. The molecule has 1 unspecified atom stereocenters. The largest absolute Gasteiger partial charge is 0.342 e. The van der Waals surface area contributed by atoms with Gasteiger partial charge in [0, 0.05) is 44.4 Å². The molecule has 2 aromatic rings. The summed E-state index contributed by atoms with van der Waals surface area (Å²) in [6, 6.07) is 5.64. The van der Waals surface area contributed by atoms with Crippen LogP contribution in [-0.4, -0.2) is 39.4 Å². The normalized spacial score (nSPS) is 16.2. The lowest BCUT2D eigenvalue weighted by Crippen LogP contribution is -2.45. The molecule has 0 bridgehead atoms. The Morgan fingerprint density at radius 1 is 1.18 bits per heavy atom. The Morgan fingerprint density at radius 3 is 2.36 bits per heavy atom. The Morgan fingerprint density at radius 2 is 1.82 bits per heavy atom. The number of hydrogen-bond acceptors (Lipinski definition) is 3. The predicted octanol–water partition coefficient (Wildman–Crippen LogP) is 2.66. The van der Waals surface area contributed by atoms with Crippen molar-refractivity contribution in [3.05, 3.63) is 53.9 Å². The maximum absolute atomic E-state index is 13.3. The molecule has 0 radical (unpaired) electrons. The number of hydrogen-bond donors (Lipinski definition) is 1. The molecule has 0 saturated carbocycles. The van der Waals surface area contributed by atoms with Crippen LogP contribution in [0.4, 0.5) is 4.39 Å². The van der Waals surface area contributed by atoms with E-state index in [9.17, 15) is 14.0 Å². The zero-order chi connectivity index (χ0) is 20.3. The highest BCUT2D eigenvalue weighted by atomic mass is 19.1. The molecular formula is C21H27FN4O2. The first-order valence-corrected chi connectivity index (χ1v) is 9.68. The van der Waals surface area contributed by atoms with Crippen molar-refractivity contribution >= 4 is 11.8 Å². The summed E-state index contributed by atoms with van der Waals surface area (Å²) in [5, 5.41) is 3.08. The van der Waals surface area contributed by atoms with Gasteiger partial charge in [-0.2, -0.15) is 0 Å². The molecule has 0 spiro atoms. The zero-order valence-corrected chi connectivity index (χ0v) is 16.6. The standard InChI is InChI=1S/C21H27FN4O2/c1-14(2)21(28)26-11-8-16(9-12-26)20(27)24-18(19-23-10-13-25(19)3)15-4-6-17(22)7-5-15/h4-7,10,13-14,16,18H,8-9,11-12H2,1-3H3,(H,24,27). The summed E-state index contributed by atoms with van der Waals surface area (Å²) in [7, 11) is 1.86. The molecule has 1 atom stereocenters. The topological polar surface area (TPSA) is 67.2 Å². The third kappa shape index (κ3) is 4.40. The molecule has 1 N–H and O–H groups in total. The molecule has 1 fully saturated rings. The van der Waals surface area contributed by atoms with Gasteiger partial charge in [-0.15, -0.1) is 0 Å². The number of likely N-dealkylation sites (tertiary alicyclic amines) is 1. The number of benzene rings is 1. The number of imidazole rings is 1. The average molecular weight is 386 g/mol. The van der Waals surface area contributed by atoms with Crippen molar-refractivity contribution in [1.82, 2.24) is 19.8 Å². The lowest BCUT2D eigenvalue weighted by atomic mass is 9.94. The first-order valence-electron chi connectivity index (χ1n) is 9.68. The van der Waals surface area contributed by atoms with Crippen LogP contribution in [0.25, 0.3) is 0 Å². The molecule has 3 rings (SSSR count). The molecule has 2 amide bonds. The highest BCUT2D eigenvalue weighted by molar-refractivity contribution is 5.81. The van der Waals surface area contributed by atoms with Crippen LogP contribution in [0.2, 0.25) is 0 Å². The highest BCUT2D eigenvalue weighted by Crippen LogP contribution is 2.24. The van der Waals surface area contributed by atoms with Gasteiger partial charge < -0.3 is 14.8 Å². The Balaban J connectivity index is 1.71. The number of nitrogens with zero attached hydrogens (tertiary/aromatic N) is 3. The van der Waals surface area contributed by atoms with Crippen molar-refractivity contribution in [2.24, 2.45) is 18.9 Å². The summed E-state index contributed by atoms with van der Waals surface area (Å²) >= 11 is 0. The number of aromatic nitrogens is 2. The van der Waals surface area contributed by atoms with Crippen molar-refractivity contribution in [2.45, 2.75) is 32.7 Å². The SMILES string of the molecule is CC(C)C(=O)N1CCC(C(=O)NC(c2ccc(F)cc2)c2nccn2C)CC1. The van der Waals surface area contributed by atoms with Crippen LogP contribution in [-0.2, 0) is 16.6 Å². The molecule has 6 nitrogen and oxygen atoms in total. The van der Waals surface area contributed by atoms with E-state index in [1.807, 2.05) is 36.6 Å². The third-order valence-corrected chi connectivity index (χ3v) is 5.28. The average Bonchev–Trinajstić information content (AvgIpc) is 3.12. The Hall–Kier alpha value is -2.70. The summed E-state index contributed by atoms with van der Waals surface area (Å²) in [6.45, 7) is 4.97. The molecule has 28 heavy (non-hydrogen) atoms. The summed E-state index contributed by atoms with van der Waals surface area (Å²) in [5.74, 6) is 0.254. The van der Waals surface area contributed by atoms with Crippen molar-refractivity contribution in [3.63, 3.8) is 0 Å². The molecule has 1 aliphatic heterocycles. The Bertz CT molecular complexity index is 823. The second-order valence-electron chi connectivity index (χ2n) is 7.64. The van der Waals surface area contributed by atoms with Crippen molar-refractivity contribution in [2.75, 3.05) is 13.1 Å². The summed E-state index contributed by atoms with van der Waals surface area (Å²) < 4.78 is 15.2. The summed E-state index contributed by atoms with van der Waals surface area (Å²) in [5.41, 5.74) is 0.775. The number of carbonyl (C=O) groups excluding carboxylic acids is 2. The van der Waals surface area contributed by atoms with Gasteiger partial charge in [-0.1, -0.05) is 26.0 Å². The maximum Gasteiger partial charge on any atom is 0.225 e. The molecule has 7 heteroatoms. The molecular weight excluding hydrogens is 359 g/mol. The van der Waals surface area contributed by atoms with E-state index in [0.717, 1.165) is 5.56 Å². The van der Waals surface area contributed by atoms with Crippen molar-refractivity contribution < 1.29 is 14.0 Å². The molecule has 150 valence electrons. The zero-order valence-electron chi connectivity index (χ0n) is 16.6. The quantitative estimate of drug-likeness (QED) is 0.859. The fourth-order valence-electron chi connectivity index (χ4n) is 3.59. The summed E-state index contributed by atoms with van der Waals surface area (Å²) in [6.07, 6.45) is 4.77. The number of piperidine rings is 1. The number of nitrogens with one attached hydrogen (secondary N) is 1. The molecule has 0 aliphatic carbocycles. The fraction of sp³-hybridized carbons (Fsp3) is 0.476. The molecule has 1 aromatic carbocycles. The number of amides is 2. The number of rotatable bonds is 5. The van der Waals surface area contributed by atoms with Gasteiger partial charge in [-0.05, 0) is 30.5 Å². The first kappa shape index (κ1) is 20.0. The second kappa shape index (κ2) is 8.54. The highest BCUT2D eigenvalue weighted by Gasteiger charge is 2.30. The van der Waals surface area contributed by atoms with Crippen molar-refractivity contribution in [1.29, 1.82) is 0 Å². The van der Waals surface area contributed by atoms with E-state index in [1.165, 1.54) is 12.1 Å². The number of halogens is 1. The minimum absolute atomic E-state index is 0.0309. The molecule has 1 aliphatic rings. The predicted molar refractivity (Wildman–Crippen MR) is 104 cm³/mol. The fourth-order valence-corrected chi connectivity index (χ4v) is 3.59. The van der Waals surface area contributed by atoms with Crippen LogP contribution in [0.15, 0.2) is 36.7 Å². The smallest absolute Gasteiger partial charge is 0.225 e. The molecule has 2 heterocycles. The first-order chi connectivity index (χ1) is 13.4. The summed E-state index contributed by atoms with van der Waals surface area (Å²) in [4.78, 5) is 31.3. The van der Waals surface area contributed by atoms with Gasteiger partial charge in [-0.3, -0.25) is 9.59 Å². The van der Waals surface area contributed by atoms with Crippen molar-refractivity contribution in [3.8, 4) is 0 Å². The van der Waals surface area contributed by atoms with Crippen LogP contribution in [0, 0.1) is 17.7 Å². The van der Waals surface area contributed by atoms with Crippen LogP contribution in [0.5, 0.6) is 0 Å². The van der Waals surface area contributed by atoms with E-state index < -0.39 is 6.04 Å². The Labute approximate surface area is 164 Å². The molecule has 1 saturated heterocycles. The van der Waals surface area contributed by atoms with Gasteiger partial charge in [0.25, 0.3) is 0 Å². The van der Waals surface area contributed by atoms with Gasteiger partial charge in [0.15, 0.2) is 0 Å².